The average molecular weight is 370 g/mol. The lowest BCUT2D eigenvalue weighted by Gasteiger charge is -2.33. The molecule has 136 valence electrons. The highest BCUT2D eigenvalue weighted by Crippen LogP contribution is 2.32. The summed E-state index contributed by atoms with van der Waals surface area (Å²) in [5.41, 5.74) is 2.73. The van der Waals surface area contributed by atoms with Crippen LogP contribution >= 0.6 is 0 Å². The van der Waals surface area contributed by atoms with Gasteiger partial charge in [0, 0.05) is 13.1 Å². The maximum atomic E-state index is 12.9. The number of para-hydroxylation sites is 2. The summed E-state index contributed by atoms with van der Waals surface area (Å²) >= 11 is 0. The van der Waals surface area contributed by atoms with Gasteiger partial charge >= 0.3 is 0 Å². The summed E-state index contributed by atoms with van der Waals surface area (Å²) in [5.74, 6) is 0.719. The zero-order valence-electron chi connectivity index (χ0n) is 14.4. The van der Waals surface area contributed by atoms with Crippen molar-refractivity contribution in [3.63, 3.8) is 0 Å². The molecule has 2 N–H and O–H groups in total. The fraction of sp³-hybridized carbons (Fsp3) is 0.316. The predicted octanol–water partition coefficient (Wildman–Crippen LogP) is 3.12. The largest absolute Gasteiger partial charge is 0.341 e. The minimum absolute atomic E-state index is 0.260. The van der Waals surface area contributed by atoms with Gasteiger partial charge in [-0.05, 0) is 30.5 Å². The van der Waals surface area contributed by atoms with Crippen LogP contribution in [0.3, 0.4) is 0 Å². The number of hydrogen-bond acceptors (Lipinski definition) is 3. The number of imidazole rings is 1. The molecule has 0 saturated carbocycles. The fourth-order valence-electron chi connectivity index (χ4n) is 3.45. The van der Waals surface area contributed by atoms with E-state index in [2.05, 4.69) is 14.7 Å². The molecule has 0 radical (unpaired) electrons. The third-order valence-electron chi connectivity index (χ3n) is 4.79. The fourth-order valence-corrected chi connectivity index (χ4v) is 4.87. The van der Waals surface area contributed by atoms with Crippen LogP contribution in [0.5, 0.6) is 0 Å². The van der Waals surface area contributed by atoms with E-state index in [0.717, 1.165) is 41.7 Å². The minimum Gasteiger partial charge on any atom is -0.341 e. The zero-order chi connectivity index (χ0) is 18.0. The second-order valence-corrected chi connectivity index (χ2v) is 8.28. The summed E-state index contributed by atoms with van der Waals surface area (Å²) in [6, 6.07) is 17.1. The first kappa shape index (κ1) is 17.2. The highest BCUT2D eigenvalue weighted by atomic mass is 32.2. The van der Waals surface area contributed by atoms with Crippen LogP contribution in [0.1, 0.15) is 36.7 Å². The SMILES string of the molecule is O=S(=O)(NCc1ccccc1)N1CCCC[C@@H]1c1nc2ccccc2[nH]1. The Morgan fingerprint density at radius 2 is 1.85 bits per heavy atom. The topological polar surface area (TPSA) is 78.1 Å². The van der Waals surface area contributed by atoms with Gasteiger partial charge in [0.1, 0.15) is 5.82 Å². The average Bonchev–Trinajstić information content (AvgIpc) is 3.11. The highest BCUT2D eigenvalue weighted by Gasteiger charge is 2.34. The van der Waals surface area contributed by atoms with Crippen molar-refractivity contribution >= 4 is 21.2 Å². The van der Waals surface area contributed by atoms with Crippen molar-refractivity contribution in [2.45, 2.75) is 31.8 Å². The summed E-state index contributed by atoms with van der Waals surface area (Å²) in [6.07, 6.45) is 2.63. The number of benzene rings is 2. The molecule has 0 aliphatic carbocycles. The lowest BCUT2D eigenvalue weighted by molar-refractivity contribution is 0.245. The molecule has 26 heavy (non-hydrogen) atoms. The molecule has 0 bridgehead atoms. The number of H-pyrrole nitrogens is 1. The molecule has 2 heterocycles. The van der Waals surface area contributed by atoms with E-state index in [1.165, 1.54) is 0 Å². The molecule has 1 aliphatic rings. The molecule has 0 spiro atoms. The summed E-state index contributed by atoms with van der Waals surface area (Å²) < 4.78 is 30.1. The summed E-state index contributed by atoms with van der Waals surface area (Å²) in [4.78, 5) is 7.93. The summed E-state index contributed by atoms with van der Waals surface area (Å²) in [5, 5.41) is 0. The van der Waals surface area contributed by atoms with Gasteiger partial charge in [-0.15, -0.1) is 0 Å². The maximum Gasteiger partial charge on any atom is 0.280 e. The number of aromatic amines is 1. The molecule has 4 rings (SSSR count). The van der Waals surface area contributed by atoms with E-state index in [1.807, 2.05) is 54.6 Å². The Hall–Kier alpha value is -2.22. The lowest BCUT2D eigenvalue weighted by Crippen LogP contribution is -2.45. The molecule has 6 nitrogen and oxygen atoms in total. The highest BCUT2D eigenvalue weighted by molar-refractivity contribution is 7.87. The quantitative estimate of drug-likeness (QED) is 0.724. The van der Waals surface area contributed by atoms with Gasteiger partial charge in [-0.25, -0.2) is 4.98 Å². The van der Waals surface area contributed by atoms with E-state index in [9.17, 15) is 8.42 Å². The van der Waals surface area contributed by atoms with E-state index in [-0.39, 0.29) is 12.6 Å². The van der Waals surface area contributed by atoms with Crippen LogP contribution in [-0.2, 0) is 16.8 Å². The number of piperidine rings is 1. The van der Waals surface area contributed by atoms with Crippen LogP contribution in [-0.4, -0.2) is 29.2 Å². The molecule has 1 aromatic heterocycles. The van der Waals surface area contributed by atoms with E-state index < -0.39 is 10.2 Å². The van der Waals surface area contributed by atoms with Crippen LogP contribution in [0.25, 0.3) is 11.0 Å². The van der Waals surface area contributed by atoms with Crippen molar-refractivity contribution in [2.75, 3.05) is 6.54 Å². The van der Waals surface area contributed by atoms with Gasteiger partial charge in [0.25, 0.3) is 10.2 Å². The first-order valence-electron chi connectivity index (χ1n) is 8.88. The standard InChI is InChI=1S/C19H22N4O2S/c24-26(25,20-14-15-8-2-1-3-9-15)23-13-7-6-12-18(23)19-21-16-10-4-5-11-17(16)22-19/h1-5,8-11,18,20H,6-7,12-14H2,(H,21,22)/t18-/m1/s1. The molecule has 0 unspecified atom stereocenters. The second kappa shape index (κ2) is 7.19. The second-order valence-electron chi connectivity index (χ2n) is 6.57. The Labute approximate surface area is 153 Å². The molecular weight excluding hydrogens is 348 g/mol. The Kier molecular flexibility index (Phi) is 4.76. The Morgan fingerprint density at radius 1 is 1.08 bits per heavy atom. The summed E-state index contributed by atoms with van der Waals surface area (Å²) in [6.45, 7) is 0.790. The van der Waals surface area contributed by atoms with Crippen molar-refractivity contribution in [1.82, 2.24) is 19.0 Å². The number of rotatable bonds is 5. The molecule has 1 saturated heterocycles. The van der Waals surface area contributed by atoms with Gasteiger partial charge in [-0.1, -0.05) is 48.9 Å². The van der Waals surface area contributed by atoms with E-state index >= 15 is 0 Å². The molecule has 1 atom stereocenters. The van der Waals surface area contributed by atoms with Gasteiger partial charge in [-0.3, -0.25) is 0 Å². The molecule has 1 fully saturated rings. The number of nitrogens with zero attached hydrogens (tertiary/aromatic N) is 2. The smallest absolute Gasteiger partial charge is 0.280 e. The Balaban J connectivity index is 1.58. The van der Waals surface area contributed by atoms with Crippen LogP contribution in [0.2, 0.25) is 0 Å². The third kappa shape index (κ3) is 3.51. The Bertz CT molecular complexity index is 952. The van der Waals surface area contributed by atoms with Crippen LogP contribution in [0.4, 0.5) is 0 Å². The first-order chi connectivity index (χ1) is 12.6. The van der Waals surface area contributed by atoms with Crippen molar-refractivity contribution < 1.29 is 8.42 Å². The molecule has 3 aromatic rings. The van der Waals surface area contributed by atoms with Gasteiger partial charge < -0.3 is 4.98 Å². The van der Waals surface area contributed by atoms with Crippen molar-refractivity contribution in [1.29, 1.82) is 0 Å². The predicted molar refractivity (Wildman–Crippen MR) is 102 cm³/mol. The number of fused-ring (bicyclic) bond motifs is 1. The molecule has 7 heteroatoms. The van der Waals surface area contributed by atoms with Crippen LogP contribution < -0.4 is 4.72 Å². The Morgan fingerprint density at radius 3 is 2.65 bits per heavy atom. The van der Waals surface area contributed by atoms with Crippen molar-refractivity contribution in [3.8, 4) is 0 Å². The van der Waals surface area contributed by atoms with Crippen LogP contribution in [0.15, 0.2) is 54.6 Å². The minimum atomic E-state index is -3.59. The number of aromatic nitrogens is 2. The van der Waals surface area contributed by atoms with E-state index in [1.54, 1.807) is 4.31 Å². The maximum absolute atomic E-state index is 12.9. The van der Waals surface area contributed by atoms with Crippen molar-refractivity contribution in [3.05, 3.63) is 66.0 Å². The number of hydrogen-bond donors (Lipinski definition) is 2. The van der Waals surface area contributed by atoms with Crippen molar-refractivity contribution in [2.24, 2.45) is 0 Å². The molecular formula is C19H22N4O2S. The normalized spacial score (nSPS) is 19.0. The molecule has 0 amide bonds. The van der Waals surface area contributed by atoms with E-state index in [4.69, 9.17) is 0 Å². The van der Waals surface area contributed by atoms with E-state index in [0.29, 0.717) is 6.54 Å². The van der Waals surface area contributed by atoms with Crippen LogP contribution in [0, 0.1) is 0 Å². The summed E-state index contributed by atoms with van der Waals surface area (Å²) in [7, 11) is -3.59. The van der Waals surface area contributed by atoms with Gasteiger partial charge in [0.2, 0.25) is 0 Å². The van der Waals surface area contributed by atoms with Gasteiger partial charge in [-0.2, -0.15) is 17.4 Å². The molecule has 2 aromatic carbocycles. The first-order valence-corrected chi connectivity index (χ1v) is 10.3. The van der Waals surface area contributed by atoms with Gasteiger partial charge in [0.15, 0.2) is 0 Å². The zero-order valence-corrected chi connectivity index (χ0v) is 15.2. The number of nitrogens with one attached hydrogen (secondary N) is 2. The molecule has 1 aliphatic heterocycles. The lowest BCUT2D eigenvalue weighted by atomic mass is 10.0. The monoisotopic (exact) mass is 370 g/mol. The third-order valence-corrected chi connectivity index (χ3v) is 6.35. The van der Waals surface area contributed by atoms with Gasteiger partial charge in [0.05, 0.1) is 17.1 Å².